The standard InChI is InChI=1S/C21H27ClN4O3/c1-4-18(27)26(14(2)3)13-19(28)25-11-6-5-10-17(25)21-23-20(24-29-21)15-8-7-9-16(22)12-15/h7-9,12,14,17H,4-6,10-11,13H2,1-3H3/t17-/m1/s1. The van der Waals surface area contributed by atoms with Gasteiger partial charge in [0.05, 0.1) is 6.54 Å². The zero-order chi connectivity index (χ0) is 21.0. The van der Waals surface area contributed by atoms with Gasteiger partial charge in [0.2, 0.25) is 23.5 Å². The molecule has 1 saturated heterocycles. The number of nitrogens with zero attached hydrogens (tertiary/aromatic N) is 4. The first-order valence-electron chi connectivity index (χ1n) is 10.1. The molecule has 0 radical (unpaired) electrons. The van der Waals surface area contributed by atoms with Crippen molar-refractivity contribution in [2.24, 2.45) is 0 Å². The fourth-order valence-corrected chi connectivity index (χ4v) is 3.79. The first-order chi connectivity index (χ1) is 13.9. The van der Waals surface area contributed by atoms with Crippen LogP contribution in [0.4, 0.5) is 0 Å². The Morgan fingerprint density at radius 2 is 2.14 bits per heavy atom. The number of likely N-dealkylation sites (tertiary alicyclic amines) is 1. The number of hydrogen-bond donors (Lipinski definition) is 0. The van der Waals surface area contributed by atoms with Crippen LogP contribution in [0.2, 0.25) is 5.02 Å². The van der Waals surface area contributed by atoms with Crippen LogP contribution in [-0.4, -0.2) is 50.9 Å². The highest BCUT2D eigenvalue weighted by atomic mass is 35.5. The second kappa shape index (κ2) is 9.39. The zero-order valence-electron chi connectivity index (χ0n) is 17.1. The van der Waals surface area contributed by atoms with E-state index in [1.807, 2.05) is 32.9 Å². The third-order valence-electron chi connectivity index (χ3n) is 5.18. The van der Waals surface area contributed by atoms with Gasteiger partial charge >= 0.3 is 0 Å². The molecule has 8 heteroatoms. The van der Waals surface area contributed by atoms with Crippen molar-refractivity contribution < 1.29 is 14.1 Å². The van der Waals surface area contributed by atoms with E-state index in [0.717, 1.165) is 24.8 Å². The number of benzene rings is 1. The van der Waals surface area contributed by atoms with Gasteiger partial charge in [0.1, 0.15) is 6.04 Å². The molecular formula is C21H27ClN4O3. The topological polar surface area (TPSA) is 79.5 Å². The normalized spacial score (nSPS) is 16.9. The lowest BCUT2D eigenvalue weighted by molar-refractivity contribution is -0.144. The van der Waals surface area contributed by atoms with Gasteiger partial charge in [0.15, 0.2) is 0 Å². The van der Waals surface area contributed by atoms with Crippen molar-refractivity contribution in [3.63, 3.8) is 0 Å². The molecule has 1 atom stereocenters. The van der Waals surface area contributed by atoms with Crippen molar-refractivity contribution in [3.8, 4) is 11.4 Å². The van der Waals surface area contributed by atoms with Crippen molar-refractivity contribution in [1.82, 2.24) is 19.9 Å². The van der Waals surface area contributed by atoms with Gasteiger partial charge < -0.3 is 14.3 Å². The van der Waals surface area contributed by atoms with Crippen molar-refractivity contribution in [2.75, 3.05) is 13.1 Å². The van der Waals surface area contributed by atoms with Gasteiger partial charge in [-0.2, -0.15) is 4.98 Å². The third-order valence-corrected chi connectivity index (χ3v) is 5.42. The van der Waals surface area contributed by atoms with E-state index < -0.39 is 0 Å². The molecular weight excluding hydrogens is 392 g/mol. The molecule has 156 valence electrons. The van der Waals surface area contributed by atoms with Crippen molar-refractivity contribution in [2.45, 2.75) is 58.5 Å². The highest BCUT2D eigenvalue weighted by molar-refractivity contribution is 6.30. The molecule has 0 unspecified atom stereocenters. The minimum absolute atomic E-state index is 0.0251. The van der Waals surface area contributed by atoms with Gasteiger partial charge in [-0.3, -0.25) is 9.59 Å². The van der Waals surface area contributed by atoms with E-state index in [2.05, 4.69) is 10.1 Å². The second-order valence-electron chi connectivity index (χ2n) is 7.53. The summed E-state index contributed by atoms with van der Waals surface area (Å²) < 4.78 is 5.52. The smallest absolute Gasteiger partial charge is 0.249 e. The molecule has 3 rings (SSSR count). The minimum Gasteiger partial charge on any atom is -0.337 e. The Morgan fingerprint density at radius 1 is 1.34 bits per heavy atom. The molecule has 1 aliphatic rings. The molecule has 2 heterocycles. The highest BCUT2D eigenvalue weighted by Gasteiger charge is 2.33. The van der Waals surface area contributed by atoms with Crippen LogP contribution in [-0.2, 0) is 9.59 Å². The Morgan fingerprint density at radius 3 is 2.83 bits per heavy atom. The molecule has 0 saturated carbocycles. The maximum Gasteiger partial charge on any atom is 0.249 e. The van der Waals surface area contributed by atoms with Gasteiger partial charge in [0, 0.05) is 29.6 Å². The fourth-order valence-electron chi connectivity index (χ4n) is 3.60. The van der Waals surface area contributed by atoms with Crippen LogP contribution < -0.4 is 0 Å². The van der Waals surface area contributed by atoms with Crippen LogP contribution in [0.25, 0.3) is 11.4 Å². The van der Waals surface area contributed by atoms with E-state index in [-0.39, 0.29) is 30.4 Å². The monoisotopic (exact) mass is 418 g/mol. The number of halogens is 1. The van der Waals surface area contributed by atoms with Gasteiger partial charge in [-0.1, -0.05) is 35.8 Å². The van der Waals surface area contributed by atoms with Crippen LogP contribution in [0.15, 0.2) is 28.8 Å². The maximum atomic E-state index is 13.1. The predicted octanol–water partition coefficient (Wildman–Crippen LogP) is 4.09. The molecule has 1 aromatic carbocycles. The second-order valence-corrected chi connectivity index (χ2v) is 7.97. The van der Waals surface area contributed by atoms with Crippen LogP contribution >= 0.6 is 11.6 Å². The maximum absolute atomic E-state index is 13.1. The third kappa shape index (κ3) is 4.96. The number of carbonyl (C=O) groups excluding carboxylic acids is 2. The van der Waals surface area contributed by atoms with Crippen molar-refractivity contribution in [3.05, 3.63) is 35.2 Å². The number of rotatable bonds is 6. The minimum atomic E-state index is -0.276. The summed E-state index contributed by atoms with van der Waals surface area (Å²) in [5.74, 6) is 0.757. The lowest BCUT2D eigenvalue weighted by Gasteiger charge is -2.36. The van der Waals surface area contributed by atoms with Gasteiger partial charge in [-0.15, -0.1) is 0 Å². The van der Waals surface area contributed by atoms with E-state index in [9.17, 15) is 9.59 Å². The van der Waals surface area contributed by atoms with Crippen LogP contribution in [0.5, 0.6) is 0 Å². The fraction of sp³-hybridized carbons (Fsp3) is 0.524. The molecule has 0 spiro atoms. The molecule has 7 nitrogen and oxygen atoms in total. The lowest BCUT2D eigenvalue weighted by Crippen LogP contribution is -2.48. The lowest BCUT2D eigenvalue weighted by atomic mass is 10.0. The summed E-state index contributed by atoms with van der Waals surface area (Å²) in [5.41, 5.74) is 0.765. The van der Waals surface area contributed by atoms with Crippen LogP contribution in [0.3, 0.4) is 0 Å². The summed E-state index contributed by atoms with van der Waals surface area (Å²) >= 11 is 6.06. The van der Waals surface area contributed by atoms with E-state index in [0.29, 0.717) is 29.7 Å². The SMILES string of the molecule is CCC(=O)N(CC(=O)N1CCCC[C@@H]1c1nc(-c2cccc(Cl)c2)no1)C(C)C. The molecule has 0 aliphatic carbocycles. The molecule has 2 aromatic rings. The summed E-state index contributed by atoms with van der Waals surface area (Å²) in [7, 11) is 0. The van der Waals surface area contributed by atoms with E-state index in [1.54, 1.807) is 21.9 Å². The summed E-state index contributed by atoms with van der Waals surface area (Å²) in [5, 5.41) is 4.68. The Hall–Kier alpha value is -2.41. The average molecular weight is 419 g/mol. The Kier molecular flexibility index (Phi) is 6.90. The molecule has 0 bridgehead atoms. The quantitative estimate of drug-likeness (QED) is 0.705. The predicted molar refractivity (Wildman–Crippen MR) is 110 cm³/mol. The van der Waals surface area contributed by atoms with E-state index >= 15 is 0 Å². The Labute approximate surface area is 176 Å². The van der Waals surface area contributed by atoms with Gasteiger partial charge in [0.25, 0.3) is 0 Å². The molecule has 2 amide bonds. The average Bonchev–Trinajstić information content (AvgIpc) is 3.21. The molecule has 1 aromatic heterocycles. The summed E-state index contributed by atoms with van der Waals surface area (Å²) in [4.78, 5) is 33.2. The van der Waals surface area contributed by atoms with Crippen molar-refractivity contribution in [1.29, 1.82) is 0 Å². The van der Waals surface area contributed by atoms with Crippen LogP contribution in [0.1, 0.15) is 58.4 Å². The zero-order valence-corrected chi connectivity index (χ0v) is 17.9. The number of amides is 2. The first kappa shape index (κ1) is 21.3. The molecule has 1 aliphatic heterocycles. The Balaban J connectivity index is 1.79. The number of piperidine rings is 1. The van der Waals surface area contributed by atoms with Gasteiger partial charge in [-0.05, 0) is 45.2 Å². The summed E-state index contributed by atoms with van der Waals surface area (Å²) in [6.45, 7) is 6.33. The largest absolute Gasteiger partial charge is 0.337 e. The Bertz CT molecular complexity index is 867. The number of hydrogen-bond acceptors (Lipinski definition) is 5. The molecule has 29 heavy (non-hydrogen) atoms. The highest BCUT2D eigenvalue weighted by Crippen LogP contribution is 2.31. The van der Waals surface area contributed by atoms with Crippen LogP contribution in [0, 0.1) is 0 Å². The number of aromatic nitrogens is 2. The molecule has 1 fully saturated rings. The summed E-state index contributed by atoms with van der Waals surface area (Å²) in [6, 6.07) is 6.94. The molecule has 0 N–H and O–H groups in total. The van der Waals surface area contributed by atoms with Gasteiger partial charge in [-0.25, -0.2) is 0 Å². The van der Waals surface area contributed by atoms with Crippen molar-refractivity contribution >= 4 is 23.4 Å². The first-order valence-corrected chi connectivity index (χ1v) is 10.5. The summed E-state index contributed by atoms with van der Waals surface area (Å²) in [6.07, 6.45) is 3.03. The van der Waals surface area contributed by atoms with E-state index in [4.69, 9.17) is 16.1 Å². The number of carbonyl (C=O) groups is 2. The van der Waals surface area contributed by atoms with E-state index in [1.165, 1.54) is 0 Å².